The lowest BCUT2D eigenvalue weighted by Crippen LogP contribution is -2.41. The highest BCUT2D eigenvalue weighted by atomic mass is 35.5. The van der Waals surface area contributed by atoms with Crippen LogP contribution in [0.25, 0.3) is 5.65 Å². The summed E-state index contributed by atoms with van der Waals surface area (Å²) in [5, 5.41) is 16.2. The van der Waals surface area contributed by atoms with Crippen molar-refractivity contribution in [1.29, 1.82) is 5.41 Å². The number of rotatable bonds is 7. The van der Waals surface area contributed by atoms with E-state index in [2.05, 4.69) is 20.9 Å². The number of pyridine rings is 1. The van der Waals surface area contributed by atoms with Gasteiger partial charge in [-0.2, -0.15) is 0 Å². The molecule has 0 radical (unpaired) electrons. The zero-order chi connectivity index (χ0) is 21.0. The van der Waals surface area contributed by atoms with Crippen LogP contribution >= 0.6 is 11.6 Å². The maximum absolute atomic E-state index is 12.9. The summed E-state index contributed by atoms with van der Waals surface area (Å²) in [7, 11) is 1.63. The molecule has 2 aromatic heterocycles. The van der Waals surface area contributed by atoms with Gasteiger partial charge in [-0.25, -0.2) is 13.8 Å². The van der Waals surface area contributed by atoms with Gasteiger partial charge in [-0.1, -0.05) is 17.7 Å². The molecule has 1 fully saturated rings. The number of anilines is 1. The van der Waals surface area contributed by atoms with Crippen molar-refractivity contribution in [3.05, 3.63) is 41.9 Å². The van der Waals surface area contributed by atoms with Crippen LogP contribution in [-0.2, 0) is 4.79 Å². The number of carbonyl (C=O) groups is 1. The number of halogens is 3. The summed E-state index contributed by atoms with van der Waals surface area (Å²) in [5.74, 6) is 0.336. The highest BCUT2D eigenvalue weighted by molar-refractivity contribution is 6.71. The summed E-state index contributed by atoms with van der Waals surface area (Å²) in [4.78, 5) is 16.2. The Morgan fingerprint density at radius 1 is 1.31 bits per heavy atom. The maximum Gasteiger partial charge on any atom is 0.281 e. The number of hydrogen-bond acceptors (Lipinski definition) is 5. The van der Waals surface area contributed by atoms with E-state index >= 15 is 0 Å². The lowest BCUT2D eigenvalue weighted by Gasteiger charge is -2.30. The summed E-state index contributed by atoms with van der Waals surface area (Å²) in [6.45, 7) is 0. The lowest BCUT2D eigenvalue weighted by atomic mass is 9.91. The molecule has 1 saturated carbocycles. The first-order valence-corrected chi connectivity index (χ1v) is 9.72. The molecule has 10 heteroatoms. The Balaban J connectivity index is 1.59. The number of alkyl halides is 2. The van der Waals surface area contributed by atoms with Crippen molar-refractivity contribution < 1.29 is 13.6 Å². The van der Waals surface area contributed by atoms with Crippen LogP contribution in [0.1, 0.15) is 37.8 Å². The SMILES string of the molecule is CN/C=C(\C(=N)Cl)C(=O)NC1CCC(Nc2cccc3nc(C(F)F)cn23)CC1. The van der Waals surface area contributed by atoms with Gasteiger partial charge in [-0.3, -0.25) is 14.6 Å². The van der Waals surface area contributed by atoms with Crippen molar-refractivity contribution in [1.82, 2.24) is 20.0 Å². The fourth-order valence-corrected chi connectivity index (χ4v) is 3.62. The third-order valence-electron chi connectivity index (χ3n) is 4.92. The van der Waals surface area contributed by atoms with Gasteiger partial charge in [0.2, 0.25) is 0 Å². The highest BCUT2D eigenvalue weighted by Gasteiger charge is 2.25. The quantitative estimate of drug-likeness (QED) is 0.404. The molecule has 0 bridgehead atoms. The number of nitrogens with one attached hydrogen (secondary N) is 4. The van der Waals surface area contributed by atoms with E-state index in [4.69, 9.17) is 17.0 Å². The van der Waals surface area contributed by atoms with Crippen molar-refractivity contribution in [3.8, 4) is 0 Å². The predicted octanol–water partition coefficient (Wildman–Crippen LogP) is 3.43. The number of amides is 1. The predicted molar refractivity (Wildman–Crippen MR) is 109 cm³/mol. The van der Waals surface area contributed by atoms with Gasteiger partial charge >= 0.3 is 0 Å². The van der Waals surface area contributed by atoms with E-state index in [1.807, 2.05) is 6.07 Å². The second-order valence-corrected chi connectivity index (χ2v) is 7.31. The molecule has 156 valence electrons. The zero-order valence-electron chi connectivity index (χ0n) is 15.9. The Kier molecular flexibility index (Phi) is 6.68. The first kappa shape index (κ1) is 21.0. The molecule has 0 aromatic carbocycles. The standard InChI is InChI=1S/C19H23ClF2N6O/c1-24-9-13(17(20)23)19(29)26-12-7-5-11(6-8-12)25-15-3-2-4-16-27-14(18(21)22)10-28(15)16/h2-4,9-12,18,23-25H,5-8H2,1H3,(H,26,29)/b13-9+,23-17?. The molecule has 2 aromatic rings. The average molecular weight is 425 g/mol. The second kappa shape index (κ2) is 9.21. The monoisotopic (exact) mass is 424 g/mol. The highest BCUT2D eigenvalue weighted by Crippen LogP contribution is 2.25. The van der Waals surface area contributed by atoms with Gasteiger partial charge in [-0.05, 0) is 37.8 Å². The Bertz CT molecular complexity index is 921. The fourth-order valence-electron chi connectivity index (χ4n) is 3.48. The molecule has 2 heterocycles. The lowest BCUT2D eigenvalue weighted by molar-refractivity contribution is -0.117. The van der Waals surface area contributed by atoms with Crippen LogP contribution in [0.5, 0.6) is 0 Å². The van der Waals surface area contributed by atoms with Crippen molar-refractivity contribution in [2.24, 2.45) is 0 Å². The summed E-state index contributed by atoms with van der Waals surface area (Å²) in [6.07, 6.45) is 3.27. The molecular weight excluding hydrogens is 402 g/mol. The van der Waals surface area contributed by atoms with Crippen LogP contribution in [0, 0.1) is 5.41 Å². The smallest absolute Gasteiger partial charge is 0.281 e. The minimum atomic E-state index is -2.61. The van der Waals surface area contributed by atoms with Crippen molar-refractivity contribution in [3.63, 3.8) is 0 Å². The first-order valence-electron chi connectivity index (χ1n) is 9.34. The molecule has 0 spiro atoms. The summed E-state index contributed by atoms with van der Waals surface area (Å²) >= 11 is 5.67. The van der Waals surface area contributed by atoms with Gasteiger partial charge in [-0.15, -0.1) is 0 Å². The molecule has 1 aliphatic rings. The molecule has 29 heavy (non-hydrogen) atoms. The summed E-state index contributed by atoms with van der Waals surface area (Å²) in [6, 6.07) is 5.45. The molecule has 0 unspecified atom stereocenters. The number of nitrogens with zero attached hydrogens (tertiary/aromatic N) is 2. The molecule has 3 rings (SSSR count). The Morgan fingerprint density at radius 3 is 2.62 bits per heavy atom. The Morgan fingerprint density at radius 2 is 2.00 bits per heavy atom. The van der Waals surface area contributed by atoms with Crippen LogP contribution in [-0.4, -0.2) is 39.6 Å². The topological polar surface area (TPSA) is 94.3 Å². The van der Waals surface area contributed by atoms with Crippen LogP contribution in [0.2, 0.25) is 0 Å². The van der Waals surface area contributed by atoms with E-state index in [0.717, 1.165) is 25.7 Å². The Labute approximate surface area is 172 Å². The molecule has 1 aliphatic carbocycles. The zero-order valence-corrected chi connectivity index (χ0v) is 16.6. The van der Waals surface area contributed by atoms with E-state index < -0.39 is 6.43 Å². The molecule has 0 aliphatic heterocycles. The number of imidazole rings is 1. The van der Waals surface area contributed by atoms with Gasteiger partial charge in [0.25, 0.3) is 12.3 Å². The van der Waals surface area contributed by atoms with Crippen molar-refractivity contribution in [2.45, 2.75) is 44.2 Å². The second-order valence-electron chi connectivity index (χ2n) is 6.93. The van der Waals surface area contributed by atoms with Gasteiger partial charge in [0.05, 0.1) is 5.57 Å². The fraction of sp³-hybridized carbons (Fsp3) is 0.421. The Hall–Kier alpha value is -2.68. The van der Waals surface area contributed by atoms with Gasteiger partial charge < -0.3 is 16.0 Å². The van der Waals surface area contributed by atoms with Gasteiger partial charge in [0.15, 0.2) is 0 Å². The summed E-state index contributed by atoms with van der Waals surface area (Å²) < 4.78 is 27.5. The molecule has 1 amide bonds. The minimum absolute atomic E-state index is 0.00806. The van der Waals surface area contributed by atoms with Crippen molar-refractivity contribution >= 4 is 34.1 Å². The van der Waals surface area contributed by atoms with Crippen molar-refractivity contribution in [2.75, 3.05) is 12.4 Å². The molecule has 0 saturated heterocycles. The van der Waals surface area contributed by atoms with Gasteiger partial charge in [0.1, 0.15) is 22.3 Å². The molecular formula is C19H23ClF2N6O. The number of fused-ring (bicyclic) bond motifs is 1. The van der Waals surface area contributed by atoms with E-state index in [1.165, 1.54) is 12.4 Å². The number of carbonyl (C=O) groups excluding carboxylic acids is 1. The molecule has 7 nitrogen and oxygen atoms in total. The van der Waals surface area contributed by atoms with Crippen LogP contribution in [0.15, 0.2) is 36.2 Å². The largest absolute Gasteiger partial charge is 0.393 e. The summed E-state index contributed by atoms with van der Waals surface area (Å²) in [5.41, 5.74) is 0.315. The number of hydrogen-bond donors (Lipinski definition) is 4. The number of aromatic nitrogens is 2. The third kappa shape index (κ3) is 5.03. The van der Waals surface area contributed by atoms with Gasteiger partial charge in [0, 0.05) is 31.5 Å². The van der Waals surface area contributed by atoms with E-state index in [-0.39, 0.29) is 34.4 Å². The third-order valence-corrected chi connectivity index (χ3v) is 5.12. The molecule has 0 atom stereocenters. The van der Waals surface area contributed by atoms with Crippen LogP contribution < -0.4 is 16.0 Å². The average Bonchev–Trinajstić information content (AvgIpc) is 3.13. The van der Waals surface area contributed by atoms with Crippen LogP contribution in [0.4, 0.5) is 14.6 Å². The normalized spacial score (nSPS) is 20.0. The van der Waals surface area contributed by atoms with E-state index in [9.17, 15) is 13.6 Å². The van der Waals surface area contributed by atoms with E-state index in [1.54, 1.807) is 23.6 Å². The first-order chi connectivity index (χ1) is 13.9. The van der Waals surface area contributed by atoms with E-state index in [0.29, 0.717) is 11.5 Å². The maximum atomic E-state index is 12.9. The molecule has 4 N–H and O–H groups in total. The minimum Gasteiger partial charge on any atom is -0.393 e. The van der Waals surface area contributed by atoms with Crippen LogP contribution in [0.3, 0.4) is 0 Å².